The van der Waals surface area contributed by atoms with Gasteiger partial charge in [-0.15, -0.1) is 0 Å². The number of hydrogen-bond donors (Lipinski definition) is 0. The van der Waals surface area contributed by atoms with Crippen molar-refractivity contribution in [1.29, 1.82) is 0 Å². The first-order chi connectivity index (χ1) is 14.9. The van der Waals surface area contributed by atoms with Crippen molar-refractivity contribution in [2.75, 3.05) is 26.3 Å². The van der Waals surface area contributed by atoms with Gasteiger partial charge >= 0.3 is 0 Å². The normalized spacial score (nSPS) is 15.5. The number of imidazole rings is 1. The molecule has 1 fully saturated rings. The highest BCUT2D eigenvalue weighted by Gasteiger charge is 2.27. The monoisotopic (exact) mass is 483 g/mol. The Kier molecular flexibility index (Phi) is 6.74. The van der Waals surface area contributed by atoms with E-state index in [1.165, 1.54) is 4.31 Å². The van der Waals surface area contributed by atoms with E-state index in [1.807, 2.05) is 4.57 Å². The van der Waals surface area contributed by atoms with Crippen LogP contribution in [0.15, 0.2) is 41.3 Å². The lowest BCUT2D eigenvalue weighted by atomic mass is 10.3. The molecule has 0 spiro atoms. The van der Waals surface area contributed by atoms with Crippen LogP contribution in [0.2, 0.25) is 10.0 Å². The predicted molar refractivity (Wildman–Crippen MR) is 120 cm³/mol. The van der Waals surface area contributed by atoms with Crippen LogP contribution in [0, 0.1) is 0 Å². The van der Waals surface area contributed by atoms with Gasteiger partial charge in [0.25, 0.3) is 0 Å². The minimum absolute atomic E-state index is 0.181. The molecule has 0 aliphatic carbocycles. The molecule has 2 aromatic carbocycles. The van der Waals surface area contributed by atoms with Crippen LogP contribution in [0.1, 0.15) is 19.2 Å². The summed E-state index contributed by atoms with van der Waals surface area (Å²) in [5.74, 6) is 1.16. The van der Waals surface area contributed by atoms with E-state index in [2.05, 4.69) is 11.9 Å². The van der Waals surface area contributed by atoms with E-state index in [9.17, 15) is 8.42 Å². The van der Waals surface area contributed by atoms with Gasteiger partial charge in [-0.3, -0.25) is 0 Å². The molecule has 1 aliphatic rings. The molecule has 0 N–H and O–H groups in total. The molecule has 2 heterocycles. The SMILES string of the molecule is CCCn1c(COc2cc(Cl)ccc2Cl)nc2cc(S(=O)(=O)N3CCOCC3)ccc21. The molecule has 4 rings (SSSR count). The van der Waals surface area contributed by atoms with Crippen LogP contribution in [0.3, 0.4) is 0 Å². The van der Waals surface area contributed by atoms with E-state index < -0.39 is 10.0 Å². The smallest absolute Gasteiger partial charge is 0.243 e. The van der Waals surface area contributed by atoms with Gasteiger partial charge in [0, 0.05) is 30.7 Å². The lowest BCUT2D eigenvalue weighted by Gasteiger charge is -2.26. The third kappa shape index (κ3) is 4.68. The average Bonchev–Trinajstić information content (AvgIpc) is 3.12. The van der Waals surface area contributed by atoms with E-state index in [-0.39, 0.29) is 11.5 Å². The molecule has 10 heteroatoms. The van der Waals surface area contributed by atoms with Crippen molar-refractivity contribution in [1.82, 2.24) is 13.9 Å². The molecule has 1 aliphatic heterocycles. The fourth-order valence-corrected chi connectivity index (χ4v) is 5.33. The minimum Gasteiger partial charge on any atom is -0.484 e. The standard InChI is InChI=1S/C21H23Cl2N3O4S/c1-2-7-26-19-6-4-16(31(27,28)25-8-10-29-11-9-25)13-18(19)24-21(26)14-30-20-12-15(22)3-5-17(20)23/h3-6,12-13H,2,7-11,14H2,1H3. The summed E-state index contributed by atoms with van der Waals surface area (Å²) in [4.78, 5) is 4.90. The van der Waals surface area contributed by atoms with Crippen LogP contribution in [0.5, 0.6) is 5.75 Å². The highest BCUT2D eigenvalue weighted by Crippen LogP contribution is 2.29. The zero-order valence-corrected chi connectivity index (χ0v) is 19.4. The molecule has 0 saturated carbocycles. The summed E-state index contributed by atoms with van der Waals surface area (Å²) in [6, 6.07) is 10.1. The first-order valence-electron chi connectivity index (χ1n) is 10.0. The molecular formula is C21H23Cl2N3O4S. The van der Waals surface area contributed by atoms with Crippen molar-refractivity contribution >= 4 is 44.3 Å². The number of halogens is 2. The summed E-state index contributed by atoms with van der Waals surface area (Å²) in [5.41, 5.74) is 1.47. The van der Waals surface area contributed by atoms with Gasteiger partial charge in [-0.1, -0.05) is 30.1 Å². The van der Waals surface area contributed by atoms with Crippen molar-refractivity contribution in [3.8, 4) is 5.75 Å². The molecule has 1 saturated heterocycles. The van der Waals surface area contributed by atoms with E-state index in [1.54, 1.807) is 36.4 Å². The fourth-order valence-electron chi connectivity index (χ4n) is 3.57. The molecule has 7 nitrogen and oxygen atoms in total. The molecule has 0 bridgehead atoms. The van der Waals surface area contributed by atoms with Gasteiger partial charge in [-0.2, -0.15) is 4.31 Å². The number of fused-ring (bicyclic) bond motifs is 1. The Morgan fingerprint density at radius 1 is 1.13 bits per heavy atom. The molecule has 3 aromatic rings. The minimum atomic E-state index is -3.59. The highest BCUT2D eigenvalue weighted by atomic mass is 35.5. The summed E-state index contributed by atoms with van der Waals surface area (Å²) in [5, 5.41) is 0.987. The van der Waals surface area contributed by atoms with Crippen LogP contribution in [-0.2, 0) is 27.9 Å². The maximum atomic E-state index is 13.0. The van der Waals surface area contributed by atoms with Crippen molar-refractivity contribution in [3.63, 3.8) is 0 Å². The maximum absolute atomic E-state index is 13.0. The third-order valence-corrected chi connectivity index (χ3v) is 7.55. The van der Waals surface area contributed by atoms with Gasteiger partial charge in [0.05, 0.1) is 34.2 Å². The second kappa shape index (κ2) is 9.34. The Hall–Kier alpha value is -1.84. The third-order valence-electron chi connectivity index (χ3n) is 5.10. The largest absolute Gasteiger partial charge is 0.484 e. The number of aryl methyl sites for hydroxylation is 1. The Morgan fingerprint density at radius 3 is 2.65 bits per heavy atom. The Morgan fingerprint density at radius 2 is 1.90 bits per heavy atom. The maximum Gasteiger partial charge on any atom is 0.243 e. The van der Waals surface area contributed by atoms with Crippen LogP contribution < -0.4 is 4.74 Å². The number of morpholine rings is 1. The van der Waals surface area contributed by atoms with Gasteiger partial charge in [0.1, 0.15) is 18.2 Å². The zero-order chi connectivity index (χ0) is 22.0. The lowest BCUT2D eigenvalue weighted by Crippen LogP contribution is -2.40. The molecule has 0 radical (unpaired) electrons. The van der Waals surface area contributed by atoms with Crippen LogP contribution in [0.4, 0.5) is 0 Å². The van der Waals surface area contributed by atoms with E-state index in [0.717, 1.165) is 18.5 Å². The van der Waals surface area contributed by atoms with E-state index in [4.69, 9.17) is 32.7 Å². The number of hydrogen-bond acceptors (Lipinski definition) is 5. The van der Waals surface area contributed by atoms with E-state index in [0.29, 0.717) is 53.4 Å². The second-order valence-corrected chi connectivity index (χ2v) is 9.99. The number of aromatic nitrogens is 2. The summed E-state index contributed by atoms with van der Waals surface area (Å²) < 4.78 is 40.7. The summed E-state index contributed by atoms with van der Waals surface area (Å²) in [6.45, 7) is 4.49. The number of benzene rings is 2. The van der Waals surface area contributed by atoms with Gasteiger partial charge in [0.2, 0.25) is 10.0 Å². The van der Waals surface area contributed by atoms with Crippen molar-refractivity contribution < 1.29 is 17.9 Å². The van der Waals surface area contributed by atoms with Gasteiger partial charge in [-0.25, -0.2) is 13.4 Å². The molecule has 0 unspecified atom stereocenters. The van der Waals surface area contributed by atoms with Crippen molar-refractivity contribution in [3.05, 3.63) is 52.3 Å². The first-order valence-corrected chi connectivity index (χ1v) is 12.2. The summed E-state index contributed by atoms with van der Waals surface area (Å²) in [6.07, 6.45) is 0.893. The van der Waals surface area contributed by atoms with Crippen LogP contribution >= 0.6 is 23.2 Å². The molecular weight excluding hydrogens is 461 g/mol. The number of rotatable bonds is 7. The topological polar surface area (TPSA) is 73.7 Å². The molecule has 166 valence electrons. The summed E-state index contributed by atoms with van der Waals surface area (Å²) >= 11 is 12.2. The summed E-state index contributed by atoms with van der Waals surface area (Å²) in [7, 11) is -3.59. The van der Waals surface area contributed by atoms with Crippen LogP contribution in [-0.4, -0.2) is 48.6 Å². The molecule has 0 atom stereocenters. The lowest BCUT2D eigenvalue weighted by molar-refractivity contribution is 0.0730. The van der Waals surface area contributed by atoms with E-state index >= 15 is 0 Å². The number of sulfonamides is 1. The Balaban J connectivity index is 1.66. The second-order valence-electron chi connectivity index (χ2n) is 7.21. The number of nitrogens with zero attached hydrogens (tertiary/aromatic N) is 3. The van der Waals surface area contributed by atoms with Crippen molar-refractivity contribution in [2.24, 2.45) is 0 Å². The molecule has 1 aromatic heterocycles. The first kappa shape index (κ1) is 22.4. The van der Waals surface area contributed by atoms with Gasteiger partial charge in [0.15, 0.2) is 0 Å². The molecule has 31 heavy (non-hydrogen) atoms. The Bertz CT molecular complexity index is 1190. The van der Waals surface area contributed by atoms with Gasteiger partial charge in [-0.05, 0) is 36.8 Å². The van der Waals surface area contributed by atoms with Crippen LogP contribution in [0.25, 0.3) is 11.0 Å². The van der Waals surface area contributed by atoms with Crippen molar-refractivity contribution in [2.45, 2.75) is 31.4 Å². The Labute approximate surface area is 191 Å². The fraction of sp³-hybridized carbons (Fsp3) is 0.381. The quantitative estimate of drug-likeness (QED) is 0.499. The van der Waals surface area contributed by atoms with Gasteiger partial charge < -0.3 is 14.0 Å². The predicted octanol–water partition coefficient (Wildman–Crippen LogP) is 4.35. The highest BCUT2D eigenvalue weighted by molar-refractivity contribution is 7.89. The molecule has 0 amide bonds. The zero-order valence-electron chi connectivity index (χ0n) is 17.1. The number of ether oxygens (including phenoxy) is 2. The average molecular weight is 484 g/mol.